The third-order valence-electron chi connectivity index (χ3n) is 6.30. The summed E-state index contributed by atoms with van der Waals surface area (Å²) in [6.45, 7) is 1.27. The van der Waals surface area contributed by atoms with Crippen molar-refractivity contribution in [2.75, 3.05) is 30.9 Å². The zero-order valence-electron chi connectivity index (χ0n) is 18.3. The summed E-state index contributed by atoms with van der Waals surface area (Å²) in [6, 6.07) is 4.83. The Balaban J connectivity index is 1.46. The van der Waals surface area contributed by atoms with Gasteiger partial charge in [-0.1, -0.05) is 0 Å². The molecule has 1 aliphatic carbocycles. The molecule has 1 aliphatic heterocycles. The number of hydrogen-bond acceptors (Lipinski definition) is 7. The normalized spacial score (nSPS) is 20.9. The molecule has 2 fully saturated rings. The number of amides is 1. The van der Waals surface area contributed by atoms with Crippen molar-refractivity contribution in [1.82, 2.24) is 24.5 Å². The first kappa shape index (κ1) is 21.4. The van der Waals surface area contributed by atoms with Crippen molar-refractivity contribution < 1.29 is 13.9 Å². The number of nitrogens with zero attached hydrogens (tertiary/aromatic N) is 4. The summed E-state index contributed by atoms with van der Waals surface area (Å²) in [5.41, 5.74) is 0.768. The van der Waals surface area contributed by atoms with Gasteiger partial charge in [-0.15, -0.1) is 0 Å². The van der Waals surface area contributed by atoms with Crippen molar-refractivity contribution in [3.05, 3.63) is 46.5 Å². The first-order chi connectivity index (χ1) is 16.0. The van der Waals surface area contributed by atoms with E-state index in [0.29, 0.717) is 49.0 Å². The Labute approximate surface area is 189 Å². The third kappa shape index (κ3) is 4.04. The number of carbonyl (C=O) groups is 1. The zero-order chi connectivity index (χ0) is 22.9. The van der Waals surface area contributed by atoms with E-state index in [1.807, 2.05) is 6.07 Å². The smallest absolute Gasteiger partial charge is 0.274 e. The van der Waals surface area contributed by atoms with E-state index in [9.17, 15) is 14.0 Å². The largest absolute Gasteiger partial charge is 0.381 e. The van der Waals surface area contributed by atoms with Crippen LogP contribution in [0, 0.1) is 0 Å². The summed E-state index contributed by atoms with van der Waals surface area (Å²) in [5.74, 6) is 0.537. The van der Waals surface area contributed by atoms with E-state index in [4.69, 9.17) is 4.74 Å². The number of rotatable bonds is 6. The number of nitrogens with one attached hydrogen (secondary N) is 3. The fraction of sp³-hybridized carbons (Fsp3) is 0.455. The van der Waals surface area contributed by atoms with Crippen LogP contribution in [0.1, 0.15) is 42.1 Å². The van der Waals surface area contributed by atoms with Crippen molar-refractivity contribution >= 4 is 28.9 Å². The topological polar surface area (TPSA) is 115 Å². The Bertz CT molecular complexity index is 1230. The quantitative estimate of drug-likeness (QED) is 0.522. The molecular formula is C22H26FN7O3. The van der Waals surface area contributed by atoms with Crippen LogP contribution in [0.25, 0.3) is 5.65 Å². The second kappa shape index (κ2) is 8.81. The van der Waals surface area contributed by atoms with Crippen LogP contribution in [0.5, 0.6) is 0 Å². The van der Waals surface area contributed by atoms with Gasteiger partial charge in [-0.05, 0) is 37.8 Å². The highest BCUT2D eigenvalue weighted by atomic mass is 19.1. The summed E-state index contributed by atoms with van der Waals surface area (Å²) in [4.78, 5) is 30.4. The number of pyridine rings is 1. The van der Waals surface area contributed by atoms with Crippen LogP contribution in [0.15, 0.2) is 35.4 Å². The van der Waals surface area contributed by atoms with Gasteiger partial charge in [-0.2, -0.15) is 9.61 Å². The highest BCUT2D eigenvalue weighted by molar-refractivity contribution is 6.00. The minimum atomic E-state index is -1.02. The lowest BCUT2D eigenvalue weighted by molar-refractivity contribution is 0.0687. The van der Waals surface area contributed by atoms with Crippen LogP contribution in [-0.4, -0.2) is 57.5 Å². The molecule has 1 saturated heterocycles. The fourth-order valence-electron chi connectivity index (χ4n) is 4.23. The molecule has 0 spiro atoms. The number of halogens is 1. The van der Waals surface area contributed by atoms with Gasteiger partial charge in [0.1, 0.15) is 29.1 Å². The highest BCUT2D eigenvalue weighted by Crippen LogP contribution is 2.25. The van der Waals surface area contributed by atoms with Crippen LogP contribution in [0.4, 0.5) is 21.7 Å². The lowest BCUT2D eigenvalue weighted by atomic mass is 9.90. The van der Waals surface area contributed by atoms with Gasteiger partial charge in [-0.25, -0.2) is 9.37 Å². The van der Waals surface area contributed by atoms with Gasteiger partial charge >= 0.3 is 0 Å². The molecule has 0 aromatic carbocycles. The molecule has 0 bridgehead atoms. The highest BCUT2D eigenvalue weighted by Gasteiger charge is 2.33. The molecule has 1 saturated carbocycles. The lowest BCUT2D eigenvalue weighted by Gasteiger charge is -2.30. The molecular weight excluding hydrogens is 429 g/mol. The molecule has 0 unspecified atom stereocenters. The van der Waals surface area contributed by atoms with E-state index in [1.165, 1.54) is 10.7 Å². The van der Waals surface area contributed by atoms with E-state index in [2.05, 4.69) is 26.0 Å². The SMILES string of the molecule is CNc1cc(Nc2cccn(C3CCOCC3)c2=O)nc2c(C(=O)N[C@H]3CC[C@@H]3F)cnn12. The van der Waals surface area contributed by atoms with E-state index >= 15 is 0 Å². The van der Waals surface area contributed by atoms with E-state index in [-0.39, 0.29) is 17.2 Å². The molecule has 4 heterocycles. The molecule has 5 rings (SSSR count). The summed E-state index contributed by atoms with van der Waals surface area (Å²) in [7, 11) is 1.72. The van der Waals surface area contributed by atoms with Crippen molar-refractivity contribution in [1.29, 1.82) is 0 Å². The predicted molar refractivity (Wildman–Crippen MR) is 121 cm³/mol. The van der Waals surface area contributed by atoms with Crippen LogP contribution in [0.3, 0.4) is 0 Å². The van der Waals surface area contributed by atoms with Crippen LogP contribution in [-0.2, 0) is 4.74 Å². The number of hydrogen-bond donors (Lipinski definition) is 3. The molecule has 3 N–H and O–H groups in total. The van der Waals surface area contributed by atoms with Crippen molar-refractivity contribution in [3.8, 4) is 0 Å². The number of fused-ring (bicyclic) bond motifs is 1. The van der Waals surface area contributed by atoms with Crippen LogP contribution in [0.2, 0.25) is 0 Å². The minimum absolute atomic E-state index is 0.0901. The van der Waals surface area contributed by atoms with Crippen LogP contribution < -0.4 is 21.5 Å². The van der Waals surface area contributed by atoms with Crippen LogP contribution >= 0.6 is 0 Å². The third-order valence-corrected chi connectivity index (χ3v) is 6.30. The molecule has 174 valence electrons. The van der Waals surface area contributed by atoms with Gasteiger partial charge < -0.3 is 25.3 Å². The van der Waals surface area contributed by atoms with Gasteiger partial charge in [0.2, 0.25) is 0 Å². The second-order valence-corrected chi connectivity index (χ2v) is 8.35. The Morgan fingerprint density at radius 2 is 2.06 bits per heavy atom. The first-order valence-electron chi connectivity index (χ1n) is 11.1. The maximum absolute atomic E-state index is 13.6. The van der Waals surface area contributed by atoms with Gasteiger partial charge in [0.15, 0.2) is 5.65 Å². The monoisotopic (exact) mass is 455 g/mol. The average molecular weight is 455 g/mol. The molecule has 0 radical (unpaired) electrons. The summed E-state index contributed by atoms with van der Waals surface area (Å²) in [5, 5.41) is 13.1. The Kier molecular flexibility index (Phi) is 5.71. The molecule has 3 aromatic heterocycles. The summed E-state index contributed by atoms with van der Waals surface area (Å²) < 4.78 is 22.3. The molecule has 3 aromatic rings. The number of aromatic nitrogens is 4. The second-order valence-electron chi connectivity index (χ2n) is 8.35. The van der Waals surface area contributed by atoms with E-state index in [0.717, 1.165) is 12.8 Å². The summed E-state index contributed by atoms with van der Waals surface area (Å²) in [6.07, 6.45) is 4.81. The molecule has 33 heavy (non-hydrogen) atoms. The number of alkyl halides is 1. The maximum Gasteiger partial charge on any atom is 0.274 e. The van der Waals surface area contributed by atoms with E-state index in [1.54, 1.807) is 29.9 Å². The zero-order valence-corrected chi connectivity index (χ0v) is 18.3. The predicted octanol–water partition coefficient (Wildman–Crippen LogP) is 2.26. The minimum Gasteiger partial charge on any atom is -0.381 e. The van der Waals surface area contributed by atoms with Gasteiger partial charge in [0.05, 0.1) is 12.2 Å². The Morgan fingerprint density at radius 3 is 2.76 bits per heavy atom. The van der Waals surface area contributed by atoms with E-state index < -0.39 is 18.1 Å². The number of carbonyl (C=O) groups excluding carboxylic acids is 1. The molecule has 10 nitrogen and oxygen atoms in total. The standard InChI is InChI=1S/C22H26FN7O3/c1-24-19-11-18(26-17-3-2-8-29(22(17)32)13-6-9-33-10-7-13)28-20-14(12-25-30(19)20)21(31)27-16-5-4-15(16)23/h2-3,8,11-13,15-16,24H,4-7,9-10H2,1H3,(H,26,28)(H,27,31)/t15-,16-/m0/s1. The fourth-order valence-corrected chi connectivity index (χ4v) is 4.23. The van der Waals surface area contributed by atoms with Gasteiger partial charge in [0, 0.05) is 38.6 Å². The average Bonchev–Trinajstić information content (AvgIpc) is 3.27. The number of ether oxygens (including phenoxy) is 1. The summed E-state index contributed by atoms with van der Waals surface area (Å²) >= 11 is 0. The Morgan fingerprint density at radius 1 is 1.24 bits per heavy atom. The van der Waals surface area contributed by atoms with Crippen molar-refractivity contribution in [3.63, 3.8) is 0 Å². The van der Waals surface area contributed by atoms with Crippen molar-refractivity contribution in [2.24, 2.45) is 0 Å². The van der Waals surface area contributed by atoms with Gasteiger partial charge in [-0.3, -0.25) is 9.59 Å². The van der Waals surface area contributed by atoms with Gasteiger partial charge in [0.25, 0.3) is 11.5 Å². The molecule has 11 heteroatoms. The molecule has 1 amide bonds. The first-order valence-corrected chi connectivity index (χ1v) is 11.1. The maximum atomic E-state index is 13.6. The molecule has 2 atom stereocenters. The molecule has 2 aliphatic rings. The lowest BCUT2D eigenvalue weighted by Crippen LogP contribution is -2.48. The Hall–Kier alpha value is -3.47. The van der Waals surface area contributed by atoms with Crippen molar-refractivity contribution in [2.45, 2.75) is 43.9 Å². The number of anilines is 3.